The van der Waals surface area contributed by atoms with Crippen LogP contribution in [0, 0.1) is 36.0 Å². The van der Waals surface area contributed by atoms with E-state index in [-0.39, 0.29) is 25.9 Å². The van der Waals surface area contributed by atoms with Gasteiger partial charge < -0.3 is 63.6 Å². The van der Waals surface area contributed by atoms with E-state index in [9.17, 15) is 35.1 Å². The monoisotopic (exact) mass is 787 g/mol. The minimum absolute atomic E-state index is 0.0172. The fourth-order valence-corrected chi connectivity index (χ4v) is 8.85. The Bertz CT molecular complexity index is 1320. The molecule has 3 saturated heterocycles. The van der Waals surface area contributed by atoms with Crippen molar-refractivity contribution in [3.63, 3.8) is 0 Å². The molecular weight excluding hydrogens is 718 g/mol. The number of methoxy groups -OCH3 is 1. The fourth-order valence-electron chi connectivity index (χ4n) is 8.85. The lowest BCUT2D eigenvalue weighted by atomic mass is 9.74. The summed E-state index contributed by atoms with van der Waals surface area (Å²) < 4.78 is 43.2. The number of aliphatic hydroxyl groups excluding tert-OH is 3. The van der Waals surface area contributed by atoms with Gasteiger partial charge in [-0.2, -0.15) is 0 Å². The molecule has 0 aromatic carbocycles. The molecule has 15 nitrogen and oxygen atoms in total. The molecule has 3 aliphatic rings. The Morgan fingerprint density at radius 1 is 0.891 bits per heavy atom. The number of rotatable bonds is 9. The summed E-state index contributed by atoms with van der Waals surface area (Å²) in [4.78, 5) is 29.8. The van der Waals surface area contributed by atoms with Gasteiger partial charge in [-0.25, -0.2) is 0 Å². The van der Waals surface area contributed by atoms with E-state index < -0.39 is 126 Å². The Hall–Kier alpha value is -1.78. The number of ether oxygens (including phenoxy) is 7. The average Bonchev–Trinajstić information content (AvgIpc) is 3.11. The van der Waals surface area contributed by atoms with Gasteiger partial charge in [-0.1, -0.05) is 33.6 Å². The molecule has 0 amide bonds. The maximum absolute atomic E-state index is 14.2. The third-order valence-corrected chi connectivity index (χ3v) is 12.3. The van der Waals surface area contributed by atoms with Crippen molar-refractivity contribution >= 4 is 11.8 Å². The number of terminal acetylenes is 1. The van der Waals surface area contributed by atoms with Crippen molar-refractivity contribution in [2.75, 3.05) is 27.8 Å². The highest BCUT2D eigenvalue weighted by Gasteiger charge is 2.54. The molecule has 19 atom stereocenters. The van der Waals surface area contributed by atoms with Gasteiger partial charge in [0.2, 0.25) is 0 Å². The van der Waals surface area contributed by atoms with E-state index in [1.54, 1.807) is 67.5 Å². The molecule has 0 saturated carbocycles. The summed E-state index contributed by atoms with van der Waals surface area (Å²) in [6, 6.07) is -0.654. The lowest BCUT2D eigenvalue weighted by molar-refractivity contribution is -0.329. The van der Waals surface area contributed by atoms with Crippen molar-refractivity contribution in [2.45, 2.75) is 179 Å². The normalized spacial score (nSPS) is 48.2. The summed E-state index contributed by atoms with van der Waals surface area (Å²) in [6.07, 6.45) is -6.48. The predicted octanol–water partition coefficient (Wildman–Crippen LogP) is 1.41. The van der Waals surface area contributed by atoms with Gasteiger partial charge in [0.05, 0.1) is 53.7 Å². The molecule has 1 unspecified atom stereocenters. The second-order valence-electron chi connectivity index (χ2n) is 17.0. The summed E-state index contributed by atoms with van der Waals surface area (Å²) in [5.41, 5.74) is -4.96. The number of aliphatic hydroxyl groups is 5. The molecule has 0 aromatic rings. The predicted molar refractivity (Wildman–Crippen MR) is 200 cm³/mol. The number of esters is 1. The van der Waals surface area contributed by atoms with Gasteiger partial charge in [0.1, 0.15) is 42.4 Å². The summed E-state index contributed by atoms with van der Waals surface area (Å²) in [6.45, 7) is 16.0. The first-order valence-corrected chi connectivity index (χ1v) is 19.5. The van der Waals surface area contributed by atoms with E-state index in [2.05, 4.69) is 5.92 Å². The highest BCUT2D eigenvalue weighted by molar-refractivity contribution is 5.83. The van der Waals surface area contributed by atoms with Gasteiger partial charge in [0.25, 0.3) is 0 Å². The number of ketones is 1. The molecule has 0 bridgehead atoms. The second kappa shape index (κ2) is 18.9. The van der Waals surface area contributed by atoms with Gasteiger partial charge in [0, 0.05) is 31.3 Å². The van der Waals surface area contributed by atoms with E-state index in [0.717, 1.165) is 0 Å². The Labute approximate surface area is 327 Å². The summed E-state index contributed by atoms with van der Waals surface area (Å²) in [5, 5.41) is 58.2. The smallest absolute Gasteiger partial charge is 0.311 e. The van der Waals surface area contributed by atoms with Crippen LogP contribution in [0.1, 0.15) is 88.5 Å². The Morgan fingerprint density at radius 3 is 2.05 bits per heavy atom. The van der Waals surface area contributed by atoms with Gasteiger partial charge in [-0.15, -0.1) is 6.42 Å². The van der Waals surface area contributed by atoms with Gasteiger partial charge in [0.15, 0.2) is 12.6 Å². The zero-order valence-electron chi connectivity index (χ0n) is 35.0. The first-order chi connectivity index (χ1) is 25.4. The molecule has 0 aliphatic carbocycles. The number of nitrogens with zero attached hydrogens (tertiary/aromatic N) is 1. The molecular formula is C40H69NO14. The van der Waals surface area contributed by atoms with Crippen LogP contribution < -0.4 is 0 Å². The molecule has 0 spiro atoms. The van der Waals surface area contributed by atoms with Crippen LogP contribution in [0.2, 0.25) is 0 Å². The number of carbonyl (C=O) groups excluding carboxylic acids is 2. The first-order valence-electron chi connectivity index (χ1n) is 19.5. The van der Waals surface area contributed by atoms with E-state index >= 15 is 0 Å². The van der Waals surface area contributed by atoms with Crippen LogP contribution >= 0.6 is 0 Å². The van der Waals surface area contributed by atoms with Crippen LogP contribution in [0.4, 0.5) is 0 Å². The zero-order valence-corrected chi connectivity index (χ0v) is 35.0. The average molecular weight is 788 g/mol. The molecule has 15 heteroatoms. The summed E-state index contributed by atoms with van der Waals surface area (Å²) >= 11 is 0. The third kappa shape index (κ3) is 10.3. The molecule has 3 heterocycles. The van der Waals surface area contributed by atoms with E-state index in [0.29, 0.717) is 0 Å². The maximum atomic E-state index is 14.2. The zero-order chi connectivity index (χ0) is 42.0. The highest BCUT2D eigenvalue weighted by atomic mass is 16.7. The molecule has 3 aliphatic heterocycles. The molecule has 55 heavy (non-hydrogen) atoms. The number of likely N-dealkylation sites (N-methyl/N-ethyl adjacent to an activating group) is 1. The Balaban J connectivity index is 2.20. The largest absolute Gasteiger partial charge is 0.459 e. The molecule has 3 fully saturated rings. The van der Waals surface area contributed by atoms with Crippen LogP contribution in [0.5, 0.6) is 0 Å². The van der Waals surface area contributed by atoms with Crippen LogP contribution in [0.25, 0.3) is 0 Å². The van der Waals surface area contributed by atoms with Gasteiger partial charge >= 0.3 is 5.97 Å². The SMILES string of the molecule is C#CCO[C@H]1C(N(C)C)[C@@H](O)[C@H](O[C@@H]2[C@@H](C)[C@H](O[C@H]3C[C@](C)(OC)[C@@H](O)[C@H](C)O3)[C@@H](C)C(=O)O[C@H](CC)[C@@](C)(O)[C@H](O)[C@@H](C)C(=O)[C@H](C)C[C@@]2(C)O)O[C@@H]1C. The van der Waals surface area contributed by atoms with Crippen molar-refractivity contribution in [3.8, 4) is 12.3 Å². The standard InChI is InChI=1S/C40H69NO14/c1-15-17-50-32-24(7)52-37(30(43)28(32)41(12)13)55-35-22(5)31(54-27-19-39(10,49-14)34(45)25(8)51-27)23(6)36(46)53-26(16-2)40(11,48)33(44)21(4)29(42)20(3)18-38(35,9)47/h1,20-28,30-35,37,43-45,47-48H,16-19H2,2-14H3/t20-,21+,22+,23-,24-,25+,26-,27+,28?,30-,31+,32-,33-,34+,35-,37+,38-,39+,40-/m1/s1. The van der Waals surface area contributed by atoms with Gasteiger partial charge in [-0.05, 0) is 68.5 Å². The van der Waals surface area contributed by atoms with E-state index in [1.807, 2.05) is 0 Å². The molecule has 0 aromatic heterocycles. The Kier molecular flexibility index (Phi) is 16.3. The van der Waals surface area contributed by atoms with Crippen molar-refractivity contribution in [3.05, 3.63) is 0 Å². The third-order valence-electron chi connectivity index (χ3n) is 12.3. The van der Waals surface area contributed by atoms with Gasteiger partial charge in [-0.3, -0.25) is 9.59 Å². The fraction of sp³-hybridized carbons (Fsp3) is 0.900. The Morgan fingerprint density at radius 2 is 1.51 bits per heavy atom. The summed E-state index contributed by atoms with van der Waals surface area (Å²) in [7, 11) is 5.01. The molecule has 5 N–H and O–H groups in total. The first kappa shape index (κ1) is 47.6. The number of Topliss-reactive ketones (excluding diaryl/α,β-unsaturated/α-hetero) is 1. The van der Waals surface area contributed by atoms with Crippen LogP contribution in [0.15, 0.2) is 0 Å². The highest BCUT2D eigenvalue weighted by Crippen LogP contribution is 2.41. The topological polar surface area (TPSA) is 203 Å². The van der Waals surface area contributed by atoms with Crippen LogP contribution in [-0.2, 0) is 42.7 Å². The minimum Gasteiger partial charge on any atom is -0.459 e. The molecule has 3 rings (SSSR count). The number of carbonyl (C=O) groups is 2. The van der Waals surface area contributed by atoms with Crippen molar-refractivity contribution < 1.29 is 68.3 Å². The minimum atomic E-state index is -2.02. The number of cyclic esters (lactones) is 1. The lowest BCUT2D eigenvalue weighted by Crippen LogP contribution is -2.65. The molecule has 318 valence electrons. The quantitative estimate of drug-likeness (QED) is 0.166. The second-order valence-corrected chi connectivity index (χ2v) is 17.0. The van der Waals surface area contributed by atoms with Crippen molar-refractivity contribution in [2.24, 2.45) is 23.7 Å². The maximum Gasteiger partial charge on any atom is 0.311 e. The van der Waals surface area contributed by atoms with E-state index in [4.69, 9.17) is 39.6 Å². The number of hydrogen-bond donors (Lipinski definition) is 5. The van der Waals surface area contributed by atoms with E-state index in [1.165, 1.54) is 27.9 Å². The van der Waals surface area contributed by atoms with Crippen molar-refractivity contribution in [1.82, 2.24) is 4.90 Å². The van der Waals surface area contributed by atoms with Crippen molar-refractivity contribution in [1.29, 1.82) is 0 Å². The van der Waals surface area contributed by atoms with Crippen LogP contribution in [0.3, 0.4) is 0 Å². The van der Waals surface area contributed by atoms with Crippen LogP contribution in [-0.4, -0.2) is 160 Å². The summed E-state index contributed by atoms with van der Waals surface area (Å²) in [5.74, 6) is -2.78. The molecule has 0 radical (unpaired) electrons. The lowest BCUT2D eigenvalue weighted by Gasteiger charge is -2.50. The number of hydrogen-bond acceptors (Lipinski definition) is 15.